The maximum atomic E-state index is 8.91. The molecule has 0 aliphatic heterocycles. The SMILES string of the molecule is CCCCCCOB(CC(C)C#N)OCCCCCC. The predicted molar refractivity (Wildman–Crippen MR) is 85.5 cm³/mol. The quantitative estimate of drug-likeness (QED) is 0.338. The highest BCUT2D eigenvalue weighted by atomic mass is 16.6. The molecule has 20 heavy (non-hydrogen) atoms. The van der Waals surface area contributed by atoms with Gasteiger partial charge in [-0.05, 0) is 26.1 Å². The number of nitriles is 1. The van der Waals surface area contributed by atoms with E-state index >= 15 is 0 Å². The molecule has 0 N–H and O–H groups in total. The van der Waals surface area contributed by atoms with Crippen molar-refractivity contribution < 1.29 is 9.31 Å². The van der Waals surface area contributed by atoms with Gasteiger partial charge in [0, 0.05) is 19.1 Å². The van der Waals surface area contributed by atoms with Crippen molar-refractivity contribution in [2.75, 3.05) is 13.2 Å². The number of unbranched alkanes of at least 4 members (excludes halogenated alkanes) is 6. The lowest BCUT2D eigenvalue weighted by atomic mass is 9.78. The van der Waals surface area contributed by atoms with E-state index in [0.717, 1.165) is 26.1 Å². The van der Waals surface area contributed by atoms with Gasteiger partial charge in [-0.2, -0.15) is 5.26 Å². The highest BCUT2D eigenvalue weighted by Gasteiger charge is 2.21. The number of hydrogen-bond donors (Lipinski definition) is 0. The van der Waals surface area contributed by atoms with Gasteiger partial charge < -0.3 is 9.31 Å². The highest BCUT2D eigenvalue weighted by molar-refractivity contribution is 6.44. The molecule has 0 spiro atoms. The Morgan fingerprint density at radius 3 is 1.80 bits per heavy atom. The Hall–Kier alpha value is -0.525. The van der Waals surface area contributed by atoms with E-state index in [4.69, 9.17) is 14.6 Å². The van der Waals surface area contributed by atoms with Crippen LogP contribution < -0.4 is 0 Å². The molecule has 0 amide bonds. The Kier molecular flexibility index (Phi) is 14.5. The average molecular weight is 281 g/mol. The molecule has 0 rings (SSSR count). The minimum absolute atomic E-state index is 0.00807. The fraction of sp³-hybridized carbons (Fsp3) is 0.938. The van der Waals surface area contributed by atoms with Gasteiger partial charge in [0.2, 0.25) is 0 Å². The summed E-state index contributed by atoms with van der Waals surface area (Å²) < 4.78 is 11.6. The van der Waals surface area contributed by atoms with Gasteiger partial charge in [0.1, 0.15) is 0 Å². The number of nitrogens with zero attached hydrogens (tertiary/aromatic N) is 1. The van der Waals surface area contributed by atoms with E-state index in [2.05, 4.69) is 19.9 Å². The van der Waals surface area contributed by atoms with Crippen LogP contribution in [0.2, 0.25) is 6.32 Å². The molecule has 116 valence electrons. The molecule has 0 saturated carbocycles. The van der Waals surface area contributed by atoms with Crippen LogP contribution in [-0.4, -0.2) is 20.3 Å². The van der Waals surface area contributed by atoms with Crippen LogP contribution in [0.5, 0.6) is 0 Å². The normalized spacial score (nSPS) is 12.1. The van der Waals surface area contributed by atoms with E-state index in [1.165, 1.54) is 38.5 Å². The number of hydrogen-bond acceptors (Lipinski definition) is 3. The molecule has 4 heteroatoms. The van der Waals surface area contributed by atoms with Crippen molar-refractivity contribution in [2.24, 2.45) is 5.92 Å². The van der Waals surface area contributed by atoms with Crippen LogP contribution in [0.25, 0.3) is 0 Å². The van der Waals surface area contributed by atoms with Crippen molar-refractivity contribution in [3.63, 3.8) is 0 Å². The molecule has 0 aromatic rings. The van der Waals surface area contributed by atoms with Crippen molar-refractivity contribution in [3.05, 3.63) is 0 Å². The van der Waals surface area contributed by atoms with Crippen LogP contribution in [0.3, 0.4) is 0 Å². The molecule has 0 saturated heterocycles. The Morgan fingerprint density at radius 1 is 0.900 bits per heavy atom. The van der Waals surface area contributed by atoms with Crippen molar-refractivity contribution in [1.82, 2.24) is 0 Å². The van der Waals surface area contributed by atoms with Crippen LogP contribution in [0.15, 0.2) is 0 Å². The Balaban J connectivity index is 3.80. The lowest BCUT2D eigenvalue weighted by molar-refractivity contribution is 0.187. The lowest BCUT2D eigenvalue weighted by Gasteiger charge is -2.15. The van der Waals surface area contributed by atoms with E-state index < -0.39 is 0 Å². The summed E-state index contributed by atoms with van der Waals surface area (Å²) in [4.78, 5) is 0. The molecule has 3 nitrogen and oxygen atoms in total. The van der Waals surface area contributed by atoms with Crippen LogP contribution in [0, 0.1) is 17.2 Å². The zero-order valence-electron chi connectivity index (χ0n) is 13.7. The molecule has 0 fully saturated rings. The lowest BCUT2D eigenvalue weighted by Crippen LogP contribution is -2.26. The summed E-state index contributed by atoms with van der Waals surface area (Å²) in [7, 11) is -0.201. The second kappa shape index (κ2) is 14.9. The van der Waals surface area contributed by atoms with Crippen molar-refractivity contribution in [1.29, 1.82) is 5.26 Å². The van der Waals surface area contributed by atoms with Gasteiger partial charge in [0.05, 0.1) is 6.07 Å². The molecule has 0 aliphatic carbocycles. The van der Waals surface area contributed by atoms with E-state index in [-0.39, 0.29) is 13.0 Å². The molecule has 1 unspecified atom stereocenters. The average Bonchev–Trinajstić information content (AvgIpc) is 2.46. The molecule has 0 aromatic heterocycles. The molecule has 0 bridgehead atoms. The Labute approximate surface area is 126 Å². The monoisotopic (exact) mass is 281 g/mol. The fourth-order valence-corrected chi connectivity index (χ4v) is 2.01. The van der Waals surface area contributed by atoms with Gasteiger partial charge in [-0.3, -0.25) is 0 Å². The van der Waals surface area contributed by atoms with Crippen LogP contribution in [-0.2, 0) is 9.31 Å². The first-order valence-corrected chi connectivity index (χ1v) is 8.37. The zero-order chi connectivity index (χ0) is 15.1. The van der Waals surface area contributed by atoms with Gasteiger partial charge in [-0.25, -0.2) is 0 Å². The molecule has 0 heterocycles. The van der Waals surface area contributed by atoms with E-state index in [9.17, 15) is 0 Å². The van der Waals surface area contributed by atoms with Crippen LogP contribution in [0.1, 0.15) is 72.1 Å². The zero-order valence-corrected chi connectivity index (χ0v) is 13.7. The topological polar surface area (TPSA) is 42.2 Å². The molecule has 0 aliphatic rings. The van der Waals surface area contributed by atoms with Crippen molar-refractivity contribution in [2.45, 2.75) is 78.5 Å². The third kappa shape index (κ3) is 12.5. The van der Waals surface area contributed by atoms with Crippen molar-refractivity contribution in [3.8, 4) is 6.07 Å². The summed E-state index contributed by atoms with van der Waals surface area (Å²) in [5.41, 5.74) is 0. The van der Waals surface area contributed by atoms with Crippen LogP contribution >= 0.6 is 0 Å². The minimum Gasteiger partial charge on any atom is -0.411 e. The summed E-state index contributed by atoms with van der Waals surface area (Å²) in [6, 6.07) is 2.26. The Morgan fingerprint density at radius 2 is 1.40 bits per heavy atom. The van der Waals surface area contributed by atoms with Crippen LogP contribution in [0.4, 0.5) is 0 Å². The summed E-state index contributed by atoms with van der Waals surface area (Å²) in [5.74, 6) is -0.00807. The smallest absolute Gasteiger partial charge is 0.411 e. The standard InChI is InChI=1S/C16H32BNO2/c1-4-6-8-10-12-19-17(14-16(3)15-18)20-13-11-9-7-5-2/h16H,4-14H2,1-3H3. The van der Waals surface area contributed by atoms with E-state index in [0.29, 0.717) is 6.32 Å². The second-order valence-corrected chi connectivity index (χ2v) is 5.56. The third-order valence-electron chi connectivity index (χ3n) is 3.37. The molecule has 0 radical (unpaired) electrons. The van der Waals surface area contributed by atoms with Gasteiger partial charge >= 0.3 is 7.12 Å². The number of rotatable bonds is 14. The van der Waals surface area contributed by atoms with E-state index in [1.807, 2.05) is 6.92 Å². The van der Waals surface area contributed by atoms with Gasteiger partial charge in [-0.1, -0.05) is 52.4 Å². The Bertz CT molecular complexity index is 229. The summed E-state index contributed by atoms with van der Waals surface area (Å²) in [6.45, 7) is 7.83. The molecule has 0 aromatic carbocycles. The second-order valence-electron chi connectivity index (χ2n) is 5.56. The van der Waals surface area contributed by atoms with E-state index in [1.54, 1.807) is 0 Å². The van der Waals surface area contributed by atoms with Gasteiger partial charge in [-0.15, -0.1) is 0 Å². The first-order chi connectivity index (χ1) is 9.74. The molecular weight excluding hydrogens is 249 g/mol. The first kappa shape index (κ1) is 19.5. The summed E-state index contributed by atoms with van der Waals surface area (Å²) in [6.07, 6.45) is 10.3. The fourth-order valence-electron chi connectivity index (χ4n) is 2.01. The minimum atomic E-state index is -0.201. The maximum Gasteiger partial charge on any atom is 0.458 e. The highest BCUT2D eigenvalue weighted by Crippen LogP contribution is 2.10. The largest absolute Gasteiger partial charge is 0.458 e. The van der Waals surface area contributed by atoms with Gasteiger partial charge in [0.15, 0.2) is 0 Å². The first-order valence-electron chi connectivity index (χ1n) is 8.37. The van der Waals surface area contributed by atoms with Gasteiger partial charge in [0.25, 0.3) is 0 Å². The molecular formula is C16H32BNO2. The summed E-state index contributed by atoms with van der Waals surface area (Å²) in [5, 5.41) is 8.91. The third-order valence-corrected chi connectivity index (χ3v) is 3.37. The predicted octanol–water partition coefficient (Wildman–Crippen LogP) is 4.83. The maximum absolute atomic E-state index is 8.91. The summed E-state index contributed by atoms with van der Waals surface area (Å²) >= 11 is 0. The van der Waals surface area contributed by atoms with Crippen molar-refractivity contribution >= 4 is 7.12 Å². The molecule has 1 atom stereocenters.